The van der Waals surface area contributed by atoms with Gasteiger partial charge in [-0.3, -0.25) is 4.79 Å². The fraction of sp³-hybridized carbons (Fsp3) is 0.952. The van der Waals surface area contributed by atoms with Crippen molar-refractivity contribution in [1.29, 1.82) is 0 Å². The maximum atomic E-state index is 11.9. The Morgan fingerprint density at radius 2 is 1.38 bits per heavy atom. The molecule has 7 aliphatic carbocycles. The average Bonchev–Trinajstić information content (AvgIpc) is 3.27. The number of aliphatic hydroxyl groups is 1. The molecule has 7 saturated carbocycles. The lowest BCUT2D eigenvalue weighted by atomic mass is 9.77. The molecule has 0 radical (unpaired) electrons. The minimum atomic E-state index is -0.0545. The molecule has 1 N–H and O–H groups in total. The minimum absolute atomic E-state index is 0.00581. The zero-order valence-corrected chi connectivity index (χ0v) is 14.4. The quantitative estimate of drug-likeness (QED) is 0.753. The van der Waals surface area contributed by atoms with Crippen LogP contribution in [0.25, 0.3) is 0 Å². The molecule has 0 amide bonds. The Morgan fingerprint density at radius 1 is 0.750 bits per heavy atom. The Bertz CT molecular complexity index is 625. The first-order chi connectivity index (χ1) is 11.7. The summed E-state index contributed by atoms with van der Waals surface area (Å²) in [7, 11) is 0. The molecule has 0 spiro atoms. The Kier molecular flexibility index (Phi) is 2.30. The third-order valence-corrected chi connectivity index (χ3v) is 10.4. The van der Waals surface area contributed by atoms with Gasteiger partial charge in [0.05, 0.1) is 6.10 Å². The van der Waals surface area contributed by atoms with Gasteiger partial charge in [-0.25, -0.2) is 0 Å². The molecule has 3 nitrogen and oxygen atoms in total. The van der Waals surface area contributed by atoms with E-state index in [1.807, 2.05) is 0 Å². The van der Waals surface area contributed by atoms with Crippen molar-refractivity contribution < 1.29 is 14.6 Å². The predicted octanol–water partition coefficient (Wildman–Crippen LogP) is 2.72. The third-order valence-electron chi connectivity index (χ3n) is 10.4. The molecule has 0 aromatic heterocycles. The van der Waals surface area contributed by atoms with Crippen LogP contribution in [-0.2, 0) is 9.53 Å². The van der Waals surface area contributed by atoms with Crippen LogP contribution < -0.4 is 0 Å². The van der Waals surface area contributed by atoms with Crippen molar-refractivity contribution in [2.24, 2.45) is 71.0 Å². The summed E-state index contributed by atoms with van der Waals surface area (Å²) < 4.78 is 6.10. The van der Waals surface area contributed by atoms with Crippen LogP contribution in [-0.4, -0.2) is 23.3 Å². The zero-order valence-electron chi connectivity index (χ0n) is 14.4. The number of fused-ring (bicyclic) bond motifs is 5. The summed E-state index contributed by atoms with van der Waals surface area (Å²) in [6, 6.07) is 0. The first-order valence-electron chi connectivity index (χ1n) is 10.5. The van der Waals surface area contributed by atoms with Crippen molar-refractivity contribution in [3.8, 4) is 0 Å². The number of esters is 1. The number of carbonyl (C=O) groups is 1. The molecule has 7 aliphatic rings. The molecule has 7 fully saturated rings. The van der Waals surface area contributed by atoms with Crippen molar-refractivity contribution in [2.75, 3.05) is 0 Å². The molecule has 0 saturated heterocycles. The van der Waals surface area contributed by atoms with Gasteiger partial charge in [0.1, 0.15) is 6.10 Å². The van der Waals surface area contributed by atoms with Crippen LogP contribution in [0.4, 0.5) is 0 Å². The van der Waals surface area contributed by atoms with E-state index in [1.165, 1.54) is 32.1 Å². The van der Waals surface area contributed by atoms with Crippen molar-refractivity contribution in [3.05, 3.63) is 0 Å². The average molecular weight is 328 g/mol. The van der Waals surface area contributed by atoms with Crippen LogP contribution in [0.5, 0.6) is 0 Å². The molecular formula is C21H28O3. The van der Waals surface area contributed by atoms with Crippen LogP contribution in [0.1, 0.15) is 39.0 Å². The van der Waals surface area contributed by atoms with Crippen molar-refractivity contribution in [3.63, 3.8) is 0 Å². The topological polar surface area (TPSA) is 46.5 Å². The van der Waals surface area contributed by atoms with E-state index in [-0.39, 0.29) is 18.2 Å². The fourth-order valence-electron chi connectivity index (χ4n) is 10.7. The molecule has 0 aliphatic heterocycles. The second-order valence-electron chi connectivity index (χ2n) is 10.3. The van der Waals surface area contributed by atoms with Gasteiger partial charge in [-0.2, -0.15) is 0 Å². The van der Waals surface area contributed by atoms with Gasteiger partial charge in [-0.15, -0.1) is 0 Å². The lowest BCUT2D eigenvalue weighted by Crippen LogP contribution is -2.35. The number of rotatable bonds is 1. The highest BCUT2D eigenvalue weighted by Gasteiger charge is 2.81. The summed E-state index contributed by atoms with van der Waals surface area (Å²) in [6.07, 6.45) is 6.82. The molecule has 0 bridgehead atoms. The Labute approximate surface area is 143 Å². The highest BCUT2D eigenvalue weighted by atomic mass is 16.5. The van der Waals surface area contributed by atoms with E-state index in [0.717, 1.165) is 47.3 Å². The molecule has 0 unspecified atom stereocenters. The first-order valence-corrected chi connectivity index (χ1v) is 10.5. The lowest BCUT2D eigenvalue weighted by molar-refractivity contribution is -0.152. The van der Waals surface area contributed by atoms with E-state index >= 15 is 0 Å². The smallest absolute Gasteiger partial charge is 0.302 e. The molecule has 0 heterocycles. The van der Waals surface area contributed by atoms with Crippen LogP contribution >= 0.6 is 0 Å². The summed E-state index contributed by atoms with van der Waals surface area (Å²) in [4.78, 5) is 11.9. The highest BCUT2D eigenvalue weighted by Crippen LogP contribution is 2.82. The Hall–Kier alpha value is -0.570. The van der Waals surface area contributed by atoms with Gasteiger partial charge in [0.15, 0.2) is 0 Å². The van der Waals surface area contributed by atoms with Gasteiger partial charge in [0, 0.05) is 18.8 Å². The Balaban J connectivity index is 1.42. The normalized spacial score (nSPS) is 69.4. The second-order valence-corrected chi connectivity index (χ2v) is 10.3. The summed E-state index contributed by atoms with van der Waals surface area (Å²) in [5, 5.41) is 11.2. The van der Waals surface area contributed by atoms with Gasteiger partial charge in [0.2, 0.25) is 0 Å². The SMILES string of the molecule is CC(=O)O[C@H]1[C@H]2[C@@H]3CC[C@H]4[C@@H](O)[C@@H]5[C@@H]6[C@H]7CCC[C@H]7[C@H]1[C@H]6[C@H]2[C@@H]5[C@H]34. The van der Waals surface area contributed by atoms with E-state index in [1.54, 1.807) is 6.92 Å². The van der Waals surface area contributed by atoms with Crippen molar-refractivity contribution in [1.82, 2.24) is 0 Å². The number of hydrogen-bond acceptors (Lipinski definition) is 3. The maximum absolute atomic E-state index is 11.9. The lowest BCUT2D eigenvalue weighted by Gasteiger charge is -2.31. The van der Waals surface area contributed by atoms with E-state index in [2.05, 4.69) is 0 Å². The number of aliphatic hydroxyl groups excluding tert-OH is 1. The van der Waals surface area contributed by atoms with Crippen molar-refractivity contribution in [2.45, 2.75) is 51.2 Å². The Morgan fingerprint density at radius 3 is 2.17 bits per heavy atom. The van der Waals surface area contributed by atoms with Gasteiger partial charge < -0.3 is 9.84 Å². The van der Waals surface area contributed by atoms with E-state index in [9.17, 15) is 9.90 Å². The van der Waals surface area contributed by atoms with Gasteiger partial charge >= 0.3 is 5.97 Å². The zero-order chi connectivity index (χ0) is 15.9. The van der Waals surface area contributed by atoms with Gasteiger partial charge in [-0.1, -0.05) is 6.42 Å². The largest absolute Gasteiger partial charge is 0.462 e. The van der Waals surface area contributed by atoms with Gasteiger partial charge in [0.25, 0.3) is 0 Å². The van der Waals surface area contributed by atoms with Crippen LogP contribution in [0.2, 0.25) is 0 Å². The summed E-state index contributed by atoms with van der Waals surface area (Å²) in [6.45, 7) is 1.62. The van der Waals surface area contributed by atoms with Crippen LogP contribution in [0.3, 0.4) is 0 Å². The number of ether oxygens (including phenoxy) is 1. The van der Waals surface area contributed by atoms with Crippen LogP contribution in [0, 0.1) is 71.0 Å². The molecule has 7 rings (SSSR count). The molecular weight excluding hydrogens is 300 g/mol. The number of hydrogen-bond donors (Lipinski definition) is 1. The molecule has 0 aromatic rings. The summed E-state index contributed by atoms with van der Waals surface area (Å²) >= 11 is 0. The molecule has 14 atom stereocenters. The van der Waals surface area contributed by atoms with E-state index < -0.39 is 0 Å². The fourth-order valence-corrected chi connectivity index (χ4v) is 10.7. The number of carbonyl (C=O) groups excluding carboxylic acids is 1. The summed E-state index contributed by atoms with van der Waals surface area (Å²) in [5.74, 6) is 8.67. The minimum Gasteiger partial charge on any atom is -0.462 e. The highest BCUT2D eigenvalue weighted by molar-refractivity contribution is 5.66. The van der Waals surface area contributed by atoms with Gasteiger partial charge in [-0.05, 0) is 84.9 Å². The van der Waals surface area contributed by atoms with Crippen molar-refractivity contribution >= 4 is 5.97 Å². The van der Waals surface area contributed by atoms with E-state index in [0.29, 0.717) is 23.7 Å². The maximum Gasteiger partial charge on any atom is 0.302 e. The standard InChI is InChI=1S/C21H28O3/c1-7(22)24-21-14-9-4-2-3-8(9)13-17(14)18-15(21)10-5-6-11-12(10)16(18)19(13)20(11)23/h8-21,23H,2-6H2,1H3/t8-,9+,10+,11+,12+,13+,14-,15-,16-,17-,18+,19+,20+,21+/m0/s1. The monoisotopic (exact) mass is 328 g/mol. The third kappa shape index (κ3) is 1.20. The predicted molar refractivity (Wildman–Crippen MR) is 86.5 cm³/mol. The molecule has 24 heavy (non-hydrogen) atoms. The molecule has 3 heteroatoms. The molecule has 0 aromatic carbocycles. The van der Waals surface area contributed by atoms with E-state index in [4.69, 9.17) is 4.74 Å². The first kappa shape index (κ1) is 13.6. The summed E-state index contributed by atoms with van der Waals surface area (Å²) in [5.41, 5.74) is 0. The van der Waals surface area contributed by atoms with Crippen LogP contribution in [0.15, 0.2) is 0 Å². The molecule has 130 valence electrons. The second kappa shape index (κ2) is 4.05.